The third kappa shape index (κ3) is 6.60. The van der Waals surface area contributed by atoms with Gasteiger partial charge in [0.05, 0.1) is 32.0 Å². The van der Waals surface area contributed by atoms with Gasteiger partial charge in [-0.15, -0.1) is 5.10 Å². The van der Waals surface area contributed by atoms with Crippen LogP contribution in [-0.2, 0) is 24.2 Å². The van der Waals surface area contributed by atoms with E-state index in [1.54, 1.807) is 48.6 Å². The van der Waals surface area contributed by atoms with E-state index in [2.05, 4.69) is 20.1 Å². The minimum Gasteiger partial charge on any atom is -0.504 e. The number of fused-ring (bicyclic) bond motifs is 1. The number of aromatic nitrogens is 4. The number of carbonyl (C=O) groups is 1. The van der Waals surface area contributed by atoms with Crippen molar-refractivity contribution in [2.24, 2.45) is 0 Å². The molecule has 0 N–H and O–H groups in total. The number of ether oxygens (including phenoxy) is 3. The van der Waals surface area contributed by atoms with E-state index in [0.717, 1.165) is 23.3 Å². The molecule has 0 aliphatic heterocycles. The van der Waals surface area contributed by atoms with Crippen molar-refractivity contribution in [2.75, 3.05) is 13.7 Å². The average Bonchev–Trinajstić information content (AvgIpc) is 3.50. The lowest BCUT2D eigenvalue weighted by molar-refractivity contribution is -0.117. The highest BCUT2D eigenvalue weighted by Crippen LogP contribution is 2.37. The Labute approximate surface area is 231 Å². The lowest BCUT2D eigenvalue weighted by atomic mass is 10.0. The van der Waals surface area contributed by atoms with Crippen LogP contribution in [0.25, 0.3) is 15.7 Å². The molecule has 0 bridgehead atoms. The van der Waals surface area contributed by atoms with E-state index < -0.39 is 0 Å². The summed E-state index contributed by atoms with van der Waals surface area (Å²) < 4.78 is 19.0. The predicted octanol–water partition coefficient (Wildman–Crippen LogP) is 6.00. The maximum atomic E-state index is 12.6. The number of benzene rings is 3. The molecule has 5 rings (SSSR count). The standard InChI is InChI=1S/C31H27N5O4/c1-32-29-20-27-28(21-31(29)39-17-3-15-36-16-14-34-35-36)33-13-12-30(27)40-26-10-6-23(7-11-26)19-24(37)18-22-4-8-25(38-2)9-5-22/h4-14,16,20-21H,3,15,17-19H2,2H3. The van der Waals surface area contributed by atoms with Gasteiger partial charge in [0.1, 0.15) is 28.8 Å². The van der Waals surface area contributed by atoms with Crippen molar-refractivity contribution in [3.05, 3.63) is 108 Å². The molecule has 2 aromatic heterocycles. The highest BCUT2D eigenvalue weighted by Gasteiger charge is 2.12. The highest BCUT2D eigenvalue weighted by atomic mass is 16.5. The van der Waals surface area contributed by atoms with Crippen LogP contribution in [0.4, 0.5) is 5.69 Å². The Morgan fingerprint density at radius 2 is 1.65 bits per heavy atom. The van der Waals surface area contributed by atoms with Crippen LogP contribution in [0, 0.1) is 6.57 Å². The molecular formula is C31H27N5O4. The minimum atomic E-state index is 0.127. The molecule has 200 valence electrons. The summed E-state index contributed by atoms with van der Waals surface area (Å²) in [5, 5.41) is 8.44. The van der Waals surface area contributed by atoms with Gasteiger partial charge in [-0.1, -0.05) is 29.5 Å². The number of Topliss-reactive ketones (excluding diaryl/α,β-unsaturated/α-hetero) is 1. The van der Waals surface area contributed by atoms with E-state index >= 15 is 0 Å². The summed E-state index contributed by atoms with van der Waals surface area (Å²) in [5.74, 6) is 2.58. The van der Waals surface area contributed by atoms with Crippen LogP contribution in [0.3, 0.4) is 0 Å². The molecule has 0 unspecified atom stereocenters. The lowest BCUT2D eigenvalue weighted by Gasteiger charge is -2.12. The van der Waals surface area contributed by atoms with Gasteiger partial charge in [0, 0.05) is 43.6 Å². The zero-order valence-corrected chi connectivity index (χ0v) is 22.0. The summed E-state index contributed by atoms with van der Waals surface area (Å²) in [4.78, 5) is 20.7. The first kappa shape index (κ1) is 26.4. The van der Waals surface area contributed by atoms with Crippen molar-refractivity contribution in [2.45, 2.75) is 25.8 Å². The number of ketones is 1. The number of carbonyl (C=O) groups excluding carboxylic acids is 1. The van der Waals surface area contributed by atoms with Crippen LogP contribution in [0.1, 0.15) is 17.5 Å². The molecule has 0 fully saturated rings. The van der Waals surface area contributed by atoms with E-state index in [-0.39, 0.29) is 5.78 Å². The highest BCUT2D eigenvalue weighted by molar-refractivity contribution is 5.91. The Morgan fingerprint density at radius 3 is 2.30 bits per heavy atom. The van der Waals surface area contributed by atoms with Crippen molar-refractivity contribution < 1.29 is 19.0 Å². The van der Waals surface area contributed by atoms with Gasteiger partial charge in [-0.25, -0.2) is 4.85 Å². The van der Waals surface area contributed by atoms with Crippen LogP contribution < -0.4 is 14.2 Å². The molecule has 5 aromatic rings. The molecule has 0 aliphatic carbocycles. The molecule has 0 atom stereocenters. The summed E-state index contributed by atoms with van der Waals surface area (Å²) >= 11 is 0. The summed E-state index contributed by atoms with van der Waals surface area (Å²) in [6.45, 7) is 8.75. The quantitative estimate of drug-likeness (QED) is 0.143. The van der Waals surface area contributed by atoms with Crippen LogP contribution in [0.5, 0.6) is 23.0 Å². The van der Waals surface area contributed by atoms with Gasteiger partial charge >= 0.3 is 0 Å². The molecule has 0 aliphatic rings. The number of hydrogen-bond donors (Lipinski definition) is 0. The van der Waals surface area contributed by atoms with Crippen LogP contribution in [0.15, 0.2) is 85.3 Å². The maximum absolute atomic E-state index is 12.6. The number of pyridine rings is 1. The van der Waals surface area contributed by atoms with E-state index in [0.29, 0.717) is 59.8 Å². The fourth-order valence-corrected chi connectivity index (χ4v) is 4.25. The fourth-order valence-electron chi connectivity index (χ4n) is 4.25. The summed E-state index contributed by atoms with van der Waals surface area (Å²) in [6, 6.07) is 20.2. The molecular weight excluding hydrogens is 506 g/mol. The second kappa shape index (κ2) is 12.5. The molecule has 0 saturated heterocycles. The molecule has 9 nitrogen and oxygen atoms in total. The molecule has 2 heterocycles. The van der Waals surface area contributed by atoms with Gasteiger partial charge in [-0.2, -0.15) is 0 Å². The molecule has 3 aromatic carbocycles. The van der Waals surface area contributed by atoms with E-state index in [1.807, 2.05) is 48.5 Å². The van der Waals surface area contributed by atoms with Gasteiger partial charge < -0.3 is 14.2 Å². The van der Waals surface area contributed by atoms with Gasteiger partial charge in [0.25, 0.3) is 0 Å². The molecule has 0 amide bonds. The third-order valence-corrected chi connectivity index (χ3v) is 6.28. The Morgan fingerprint density at radius 1 is 0.925 bits per heavy atom. The second-order valence-corrected chi connectivity index (χ2v) is 9.11. The van der Waals surface area contributed by atoms with Crippen molar-refractivity contribution in [1.82, 2.24) is 20.0 Å². The molecule has 0 radical (unpaired) electrons. The number of hydrogen-bond acceptors (Lipinski definition) is 7. The van der Waals surface area contributed by atoms with E-state index in [4.69, 9.17) is 20.8 Å². The van der Waals surface area contributed by atoms with Crippen LogP contribution >= 0.6 is 0 Å². The first-order valence-electron chi connectivity index (χ1n) is 12.8. The lowest BCUT2D eigenvalue weighted by Crippen LogP contribution is -2.06. The minimum absolute atomic E-state index is 0.127. The number of rotatable bonds is 12. The predicted molar refractivity (Wildman–Crippen MR) is 150 cm³/mol. The van der Waals surface area contributed by atoms with Crippen molar-refractivity contribution >= 4 is 22.4 Å². The second-order valence-electron chi connectivity index (χ2n) is 9.11. The smallest absolute Gasteiger partial charge is 0.229 e. The number of nitrogens with zero attached hydrogens (tertiary/aromatic N) is 5. The molecule has 0 spiro atoms. The van der Waals surface area contributed by atoms with E-state index in [1.165, 1.54) is 0 Å². The van der Waals surface area contributed by atoms with Crippen molar-refractivity contribution in [3.8, 4) is 23.0 Å². The van der Waals surface area contributed by atoms with Gasteiger partial charge in [0.2, 0.25) is 5.69 Å². The monoisotopic (exact) mass is 533 g/mol. The normalized spacial score (nSPS) is 10.7. The molecule has 40 heavy (non-hydrogen) atoms. The summed E-state index contributed by atoms with van der Waals surface area (Å²) in [5.41, 5.74) is 2.91. The van der Waals surface area contributed by atoms with Gasteiger partial charge in [0.15, 0.2) is 0 Å². The Hall–Kier alpha value is -5.23. The van der Waals surface area contributed by atoms with Crippen molar-refractivity contribution in [1.29, 1.82) is 0 Å². The zero-order chi connectivity index (χ0) is 27.7. The number of aryl methyl sites for hydroxylation is 1. The Bertz CT molecular complexity index is 1630. The third-order valence-electron chi connectivity index (χ3n) is 6.28. The molecule has 9 heteroatoms. The number of methoxy groups -OCH3 is 1. The zero-order valence-electron chi connectivity index (χ0n) is 22.0. The van der Waals surface area contributed by atoms with Crippen LogP contribution in [0.2, 0.25) is 0 Å². The topological polar surface area (TPSA) is 92.7 Å². The fraction of sp³-hybridized carbons (Fsp3) is 0.194. The van der Waals surface area contributed by atoms with Gasteiger partial charge in [-0.05, 0) is 53.6 Å². The Balaban J connectivity index is 1.22. The molecule has 0 saturated carbocycles. The van der Waals surface area contributed by atoms with E-state index in [9.17, 15) is 4.79 Å². The maximum Gasteiger partial charge on any atom is 0.229 e. The summed E-state index contributed by atoms with van der Waals surface area (Å²) in [6.07, 6.45) is 6.51. The summed E-state index contributed by atoms with van der Waals surface area (Å²) in [7, 11) is 1.62. The Kier molecular flexibility index (Phi) is 8.27. The van der Waals surface area contributed by atoms with Crippen LogP contribution in [-0.4, -0.2) is 39.5 Å². The largest absolute Gasteiger partial charge is 0.504 e. The first-order chi connectivity index (χ1) is 19.6. The van der Waals surface area contributed by atoms with Gasteiger partial charge in [-0.3, -0.25) is 14.5 Å². The van der Waals surface area contributed by atoms with Crippen molar-refractivity contribution in [3.63, 3.8) is 0 Å². The average molecular weight is 534 g/mol. The SMILES string of the molecule is [C-]#[N+]c1cc2c(Oc3ccc(CC(=O)Cc4ccc(OC)cc4)cc3)ccnc2cc1OCCCn1ccnn1. The first-order valence-corrected chi connectivity index (χ1v) is 12.8.